The molecule has 2 aromatic rings. The first-order valence-electron chi connectivity index (χ1n) is 6.58. The van der Waals surface area contributed by atoms with Crippen molar-refractivity contribution in [2.75, 3.05) is 0 Å². The number of nitrogens with two attached hydrogens (primary N) is 1. The molecule has 0 aliphatic rings. The van der Waals surface area contributed by atoms with Crippen LogP contribution in [0.4, 0.5) is 0 Å². The van der Waals surface area contributed by atoms with E-state index in [-0.39, 0.29) is 12.1 Å². The minimum Gasteiger partial charge on any atom is -0.484 e. The standard InChI is InChI=1S/C16H19ClN2O/c1-10-7-14(8-11(2)15(10)17)20-16(12(3)18)13-5-4-6-19-9-13/h4-9,12,16H,18H2,1-3H3. The maximum atomic E-state index is 6.18. The van der Waals surface area contributed by atoms with Crippen molar-refractivity contribution >= 4 is 11.6 Å². The zero-order chi connectivity index (χ0) is 14.7. The van der Waals surface area contributed by atoms with Crippen LogP contribution in [0.1, 0.15) is 29.7 Å². The number of hydrogen-bond donors (Lipinski definition) is 1. The van der Waals surface area contributed by atoms with Crippen LogP contribution in [-0.4, -0.2) is 11.0 Å². The lowest BCUT2D eigenvalue weighted by atomic mass is 10.1. The highest BCUT2D eigenvalue weighted by Gasteiger charge is 2.19. The van der Waals surface area contributed by atoms with Crippen molar-refractivity contribution in [3.63, 3.8) is 0 Å². The Balaban J connectivity index is 2.30. The molecule has 4 heteroatoms. The molecular weight excluding hydrogens is 272 g/mol. The van der Waals surface area contributed by atoms with Gasteiger partial charge in [-0.25, -0.2) is 0 Å². The third kappa shape index (κ3) is 3.30. The second-order valence-electron chi connectivity index (χ2n) is 5.05. The first-order valence-corrected chi connectivity index (χ1v) is 6.95. The first-order chi connectivity index (χ1) is 9.49. The molecule has 0 spiro atoms. The van der Waals surface area contributed by atoms with Crippen LogP contribution < -0.4 is 10.5 Å². The summed E-state index contributed by atoms with van der Waals surface area (Å²) in [4.78, 5) is 4.12. The average molecular weight is 291 g/mol. The Bertz CT molecular complexity index is 561. The number of benzene rings is 1. The van der Waals surface area contributed by atoms with E-state index in [0.717, 1.165) is 27.5 Å². The number of hydrogen-bond acceptors (Lipinski definition) is 3. The van der Waals surface area contributed by atoms with E-state index in [9.17, 15) is 0 Å². The van der Waals surface area contributed by atoms with Crippen LogP contribution in [0.25, 0.3) is 0 Å². The smallest absolute Gasteiger partial charge is 0.140 e. The van der Waals surface area contributed by atoms with E-state index in [4.69, 9.17) is 22.1 Å². The van der Waals surface area contributed by atoms with Gasteiger partial charge in [0, 0.05) is 29.0 Å². The van der Waals surface area contributed by atoms with E-state index >= 15 is 0 Å². The molecule has 2 atom stereocenters. The molecule has 2 unspecified atom stereocenters. The number of aromatic nitrogens is 1. The predicted octanol–water partition coefficient (Wildman–Crippen LogP) is 3.82. The average Bonchev–Trinajstić information content (AvgIpc) is 2.42. The molecule has 0 saturated heterocycles. The van der Waals surface area contributed by atoms with Crippen molar-refractivity contribution in [3.05, 3.63) is 58.4 Å². The number of nitrogens with zero attached hydrogens (tertiary/aromatic N) is 1. The molecule has 1 aromatic carbocycles. The van der Waals surface area contributed by atoms with Crippen LogP contribution in [0.15, 0.2) is 36.7 Å². The molecule has 0 radical (unpaired) electrons. The van der Waals surface area contributed by atoms with Crippen LogP contribution in [0.2, 0.25) is 5.02 Å². The molecule has 0 saturated carbocycles. The molecule has 2 N–H and O–H groups in total. The summed E-state index contributed by atoms with van der Waals surface area (Å²) >= 11 is 6.18. The third-order valence-corrected chi connectivity index (χ3v) is 3.76. The van der Waals surface area contributed by atoms with Crippen LogP contribution in [-0.2, 0) is 0 Å². The van der Waals surface area contributed by atoms with Gasteiger partial charge in [-0.15, -0.1) is 0 Å². The molecule has 0 bridgehead atoms. The van der Waals surface area contributed by atoms with Gasteiger partial charge in [0.15, 0.2) is 0 Å². The Labute approximate surface area is 124 Å². The van der Waals surface area contributed by atoms with E-state index in [0.29, 0.717) is 0 Å². The second-order valence-corrected chi connectivity index (χ2v) is 5.43. The third-order valence-electron chi connectivity index (χ3n) is 3.16. The van der Waals surface area contributed by atoms with E-state index in [1.807, 2.05) is 45.0 Å². The Kier molecular flexibility index (Phi) is 4.63. The van der Waals surface area contributed by atoms with Crippen molar-refractivity contribution in [3.8, 4) is 5.75 Å². The number of ether oxygens (including phenoxy) is 1. The summed E-state index contributed by atoms with van der Waals surface area (Å²) in [7, 11) is 0. The maximum absolute atomic E-state index is 6.18. The largest absolute Gasteiger partial charge is 0.484 e. The van der Waals surface area contributed by atoms with Gasteiger partial charge in [-0.1, -0.05) is 17.7 Å². The number of rotatable bonds is 4. The molecule has 0 fully saturated rings. The van der Waals surface area contributed by atoms with E-state index in [1.165, 1.54) is 0 Å². The van der Waals surface area contributed by atoms with Gasteiger partial charge in [0.1, 0.15) is 11.9 Å². The molecule has 1 aromatic heterocycles. The predicted molar refractivity (Wildman–Crippen MR) is 82.2 cm³/mol. The van der Waals surface area contributed by atoms with Crippen LogP contribution >= 0.6 is 11.6 Å². The van der Waals surface area contributed by atoms with Crippen molar-refractivity contribution < 1.29 is 4.74 Å². The molecule has 106 valence electrons. The SMILES string of the molecule is Cc1cc(OC(c2cccnc2)C(C)N)cc(C)c1Cl. The second kappa shape index (κ2) is 6.25. The molecule has 0 amide bonds. The quantitative estimate of drug-likeness (QED) is 0.931. The molecule has 0 aliphatic heterocycles. The van der Waals surface area contributed by atoms with Crippen molar-refractivity contribution in [2.24, 2.45) is 5.73 Å². The van der Waals surface area contributed by atoms with Gasteiger partial charge in [0.2, 0.25) is 0 Å². The van der Waals surface area contributed by atoms with E-state index in [1.54, 1.807) is 12.4 Å². The summed E-state index contributed by atoms with van der Waals surface area (Å²) in [6, 6.07) is 7.57. The summed E-state index contributed by atoms with van der Waals surface area (Å²) in [6.07, 6.45) is 3.28. The lowest BCUT2D eigenvalue weighted by Gasteiger charge is -2.23. The van der Waals surface area contributed by atoms with Gasteiger partial charge in [-0.3, -0.25) is 4.98 Å². The Morgan fingerprint density at radius 2 is 1.90 bits per heavy atom. The highest BCUT2D eigenvalue weighted by atomic mass is 35.5. The van der Waals surface area contributed by atoms with Gasteiger partial charge >= 0.3 is 0 Å². The van der Waals surface area contributed by atoms with Crippen LogP contribution in [0.5, 0.6) is 5.75 Å². The first kappa shape index (κ1) is 14.8. The normalized spacial score (nSPS) is 13.8. The monoisotopic (exact) mass is 290 g/mol. The van der Waals surface area contributed by atoms with Crippen molar-refractivity contribution in [2.45, 2.75) is 32.9 Å². The Hall–Kier alpha value is -1.58. The number of aryl methyl sites for hydroxylation is 2. The minimum atomic E-state index is -0.233. The topological polar surface area (TPSA) is 48.1 Å². The van der Waals surface area contributed by atoms with E-state index < -0.39 is 0 Å². The van der Waals surface area contributed by atoms with E-state index in [2.05, 4.69) is 4.98 Å². The fourth-order valence-electron chi connectivity index (χ4n) is 2.14. The summed E-state index contributed by atoms with van der Waals surface area (Å²) in [5.74, 6) is 0.774. The van der Waals surface area contributed by atoms with Gasteiger partial charge in [-0.05, 0) is 50.1 Å². The van der Waals surface area contributed by atoms with Gasteiger partial charge in [-0.2, -0.15) is 0 Å². The lowest BCUT2D eigenvalue weighted by molar-refractivity contribution is 0.180. The van der Waals surface area contributed by atoms with Gasteiger partial charge < -0.3 is 10.5 Å². The summed E-state index contributed by atoms with van der Waals surface area (Å²) in [5.41, 5.74) is 9.00. The number of halogens is 1. The van der Waals surface area contributed by atoms with Gasteiger partial charge in [0.05, 0.1) is 0 Å². The fourth-order valence-corrected chi connectivity index (χ4v) is 2.25. The van der Waals surface area contributed by atoms with Crippen LogP contribution in [0.3, 0.4) is 0 Å². The Morgan fingerprint density at radius 1 is 1.25 bits per heavy atom. The summed E-state index contributed by atoms with van der Waals surface area (Å²) in [6.45, 7) is 5.85. The van der Waals surface area contributed by atoms with Crippen LogP contribution in [0, 0.1) is 13.8 Å². The number of pyridine rings is 1. The molecule has 1 heterocycles. The van der Waals surface area contributed by atoms with Crippen molar-refractivity contribution in [1.82, 2.24) is 4.98 Å². The zero-order valence-electron chi connectivity index (χ0n) is 11.9. The minimum absolute atomic E-state index is 0.143. The van der Waals surface area contributed by atoms with Gasteiger partial charge in [0.25, 0.3) is 0 Å². The highest BCUT2D eigenvalue weighted by molar-refractivity contribution is 6.32. The Morgan fingerprint density at radius 3 is 2.40 bits per heavy atom. The van der Waals surface area contributed by atoms with Crippen molar-refractivity contribution in [1.29, 1.82) is 0 Å². The molecular formula is C16H19ClN2O. The molecule has 3 nitrogen and oxygen atoms in total. The highest BCUT2D eigenvalue weighted by Crippen LogP contribution is 2.29. The molecule has 20 heavy (non-hydrogen) atoms. The lowest BCUT2D eigenvalue weighted by Crippen LogP contribution is -2.29. The zero-order valence-corrected chi connectivity index (χ0v) is 12.7. The fraction of sp³-hybridized carbons (Fsp3) is 0.312. The molecule has 2 rings (SSSR count). The summed E-state index contributed by atoms with van der Waals surface area (Å²) < 4.78 is 6.05. The molecule has 0 aliphatic carbocycles. The maximum Gasteiger partial charge on any atom is 0.140 e. The summed E-state index contributed by atoms with van der Waals surface area (Å²) in [5, 5.41) is 0.774.